The highest BCUT2D eigenvalue weighted by Gasteiger charge is 2.24. The van der Waals surface area contributed by atoms with Gasteiger partial charge in [0.2, 0.25) is 0 Å². The van der Waals surface area contributed by atoms with E-state index in [0.29, 0.717) is 6.42 Å². The molecular formula is C13H16Cl2FNO2. The van der Waals surface area contributed by atoms with Gasteiger partial charge in [0.15, 0.2) is 0 Å². The lowest BCUT2D eigenvalue weighted by Gasteiger charge is -2.30. The molecule has 0 bridgehead atoms. The predicted molar refractivity (Wildman–Crippen MR) is 74.4 cm³/mol. The Morgan fingerprint density at radius 2 is 2.26 bits per heavy atom. The second-order valence-electron chi connectivity index (χ2n) is 4.67. The molecule has 2 atom stereocenters. The van der Waals surface area contributed by atoms with E-state index in [-0.39, 0.29) is 35.8 Å². The molecule has 1 aliphatic heterocycles. The molecule has 0 saturated carbocycles. The fourth-order valence-corrected chi connectivity index (χ4v) is 2.53. The van der Waals surface area contributed by atoms with Gasteiger partial charge >= 0.3 is 5.97 Å². The Morgan fingerprint density at radius 3 is 2.89 bits per heavy atom. The zero-order chi connectivity index (χ0) is 13.1. The van der Waals surface area contributed by atoms with Crippen LogP contribution < -0.4 is 5.32 Å². The third-order valence-corrected chi connectivity index (χ3v) is 3.63. The largest absolute Gasteiger partial charge is 0.481 e. The first-order chi connectivity index (χ1) is 8.56. The molecule has 106 valence electrons. The highest BCUT2D eigenvalue weighted by molar-refractivity contribution is 6.30. The first-order valence-electron chi connectivity index (χ1n) is 5.96. The van der Waals surface area contributed by atoms with Crippen molar-refractivity contribution < 1.29 is 14.3 Å². The molecule has 3 nitrogen and oxygen atoms in total. The number of carboxylic acids is 1. The maximum Gasteiger partial charge on any atom is 0.303 e. The maximum atomic E-state index is 13.4. The van der Waals surface area contributed by atoms with E-state index in [0.717, 1.165) is 18.5 Å². The summed E-state index contributed by atoms with van der Waals surface area (Å²) in [4.78, 5) is 10.7. The molecule has 19 heavy (non-hydrogen) atoms. The average molecular weight is 308 g/mol. The lowest BCUT2D eigenvalue weighted by Crippen LogP contribution is -2.32. The molecule has 0 radical (unpaired) electrons. The topological polar surface area (TPSA) is 49.3 Å². The molecule has 1 aliphatic rings. The molecule has 2 rings (SSSR count). The minimum absolute atomic E-state index is 0. The van der Waals surface area contributed by atoms with E-state index in [1.165, 1.54) is 12.1 Å². The Hall–Kier alpha value is -0.840. The SMILES string of the molecule is Cl.O=C(O)CC1CCNC(c2ccc(Cl)c(F)c2)C1. The Labute approximate surface area is 122 Å². The molecule has 1 fully saturated rings. The van der Waals surface area contributed by atoms with Crippen molar-refractivity contribution in [2.24, 2.45) is 5.92 Å². The van der Waals surface area contributed by atoms with Crippen molar-refractivity contribution in [3.63, 3.8) is 0 Å². The van der Waals surface area contributed by atoms with Gasteiger partial charge in [-0.25, -0.2) is 4.39 Å². The fraction of sp³-hybridized carbons (Fsp3) is 0.462. The number of benzene rings is 1. The van der Waals surface area contributed by atoms with Gasteiger partial charge in [0.25, 0.3) is 0 Å². The van der Waals surface area contributed by atoms with Crippen LogP contribution in [0, 0.1) is 11.7 Å². The second kappa shape index (κ2) is 7.08. The summed E-state index contributed by atoms with van der Waals surface area (Å²) in [6.45, 7) is 0.757. The van der Waals surface area contributed by atoms with E-state index in [2.05, 4.69) is 5.32 Å². The van der Waals surface area contributed by atoms with Crippen molar-refractivity contribution in [1.82, 2.24) is 5.32 Å². The van der Waals surface area contributed by atoms with Crippen LogP contribution in [-0.4, -0.2) is 17.6 Å². The smallest absolute Gasteiger partial charge is 0.303 e. The molecule has 1 aromatic rings. The van der Waals surface area contributed by atoms with Crippen LogP contribution in [0.1, 0.15) is 30.9 Å². The Kier molecular flexibility index (Phi) is 6.04. The van der Waals surface area contributed by atoms with Crippen LogP contribution in [0.25, 0.3) is 0 Å². The summed E-state index contributed by atoms with van der Waals surface area (Å²) in [6.07, 6.45) is 1.74. The van der Waals surface area contributed by atoms with E-state index in [9.17, 15) is 9.18 Å². The summed E-state index contributed by atoms with van der Waals surface area (Å²) in [5.74, 6) is -1.06. The van der Waals surface area contributed by atoms with Crippen LogP contribution in [0.3, 0.4) is 0 Å². The van der Waals surface area contributed by atoms with Gasteiger partial charge in [0.1, 0.15) is 5.82 Å². The van der Waals surface area contributed by atoms with Gasteiger partial charge in [-0.2, -0.15) is 0 Å². The lowest BCUT2D eigenvalue weighted by molar-refractivity contribution is -0.138. The predicted octanol–water partition coefficient (Wildman–Crippen LogP) is 3.42. The molecule has 6 heteroatoms. The minimum Gasteiger partial charge on any atom is -0.481 e. The van der Waals surface area contributed by atoms with Gasteiger partial charge in [-0.3, -0.25) is 4.79 Å². The summed E-state index contributed by atoms with van der Waals surface area (Å²) >= 11 is 5.64. The third kappa shape index (κ3) is 4.34. The summed E-state index contributed by atoms with van der Waals surface area (Å²) < 4.78 is 13.4. The summed E-state index contributed by atoms with van der Waals surface area (Å²) in [5.41, 5.74) is 0.826. The van der Waals surface area contributed by atoms with E-state index >= 15 is 0 Å². The molecular weight excluding hydrogens is 292 g/mol. The van der Waals surface area contributed by atoms with Crippen molar-refractivity contribution in [3.05, 3.63) is 34.6 Å². The van der Waals surface area contributed by atoms with Crippen molar-refractivity contribution in [2.45, 2.75) is 25.3 Å². The van der Waals surface area contributed by atoms with E-state index in [1.807, 2.05) is 0 Å². The number of hydrogen-bond donors (Lipinski definition) is 2. The third-order valence-electron chi connectivity index (χ3n) is 3.32. The van der Waals surface area contributed by atoms with Gasteiger partial charge in [-0.1, -0.05) is 17.7 Å². The fourth-order valence-electron chi connectivity index (χ4n) is 2.41. The molecule has 2 N–H and O–H groups in total. The molecule has 1 heterocycles. The number of aliphatic carboxylic acids is 1. The molecule has 0 aromatic heterocycles. The van der Waals surface area contributed by atoms with Crippen LogP contribution in [0.4, 0.5) is 4.39 Å². The highest BCUT2D eigenvalue weighted by Crippen LogP contribution is 2.30. The molecule has 0 aliphatic carbocycles. The zero-order valence-corrected chi connectivity index (χ0v) is 11.8. The van der Waals surface area contributed by atoms with Crippen molar-refractivity contribution in [2.75, 3.05) is 6.54 Å². The number of rotatable bonds is 3. The number of piperidine rings is 1. The molecule has 2 unspecified atom stereocenters. The number of halogens is 3. The quantitative estimate of drug-likeness (QED) is 0.899. The van der Waals surface area contributed by atoms with Crippen molar-refractivity contribution in [1.29, 1.82) is 0 Å². The number of carboxylic acid groups (broad SMARTS) is 1. The van der Waals surface area contributed by atoms with Crippen LogP contribution in [0.15, 0.2) is 18.2 Å². The first kappa shape index (κ1) is 16.2. The molecule has 1 saturated heterocycles. The Bertz CT molecular complexity index is 456. The van der Waals surface area contributed by atoms with Crippen molar-refractivity contribution >= 4 is 30.0 Å². The summed E-state index contributed by atoms with van der Waals surface area (Å²) in [7, 11) is 0. The minimum atomic E-state index is -0.775. The van der Waals surface area contributed by atoms with Gasteiger partial charge in [-0.05, 0) is 43.0 Å². The number of nitrogens with one attached hydrogen (secondary N) is 1. The lowest BCUT2D eigenvalue weighted by atomic mass is 9.87. The van der Waals surface area contributed by atoms with Crippen LogP contribution in [0.5, 0.6) is 0 Å². The van der Waals surface area contributed by atoms with Gasteiger partial charge in [0, 0.05) is 12.5 Å². The van der Waals surface area contributed by atoms with Crippen molar-refractivity contribution in [3.8, 4) is 0 Å². The number of carbonyl (C=O) groups is 1. The van der Waals surface area contributed by atoms with Crippen LogP contribution in [0.2, 0.25) is 5.02 Å². The van der Waals surface area contributed by atoms with Gasteiger partial charge in [-0.15, -0.1) is 12.4 Å². The second-order valence-corrected chi connectivity index (χ2v) is 5.08. The summed E-state index contributed by atoms with van der Waals surface area (Å²) in [5, 5.41) is 12.2. The Balaban J connectivity index is 0.00000180. The first-order valence-corrected chi connectivity index (χ1v) is 6.34. The summed E-state index contributed by atoms with van der Waals surface area (Å²) in [6, 6.07) is 4.75. The van der Waals surface area contributed by atoms with Crippen LogP contribution >= 0.6 is 24.0 Å². The standard InChI is InChI=1S/C13H15ClFNO2.ClH/c14-10-2-1-9(7-11(10)15)12-5-8(3-4-16-12)6-13(17)18;/h1-2,7-8,12,16H,3-6H2,(H,17,18);1H. The average Bonchev–Trinajstić information content (AvgIpc) is 2.32. The van der Waals surface area contributed by atoms with Crippen LogP contribution in [-0.2, 0) is 4.79 Å². The highest BCUT2D eigenvalue weighted by atomic mass is 35.5. The molecule has 0 amide bonds. The van der Waals surface area contributed by atoms with E-state index in [4.69, 9.17) is 16.7 Å². The van der Waals surface area contributed by atoms with E-state index < -0.39 is 11.8 Å². The zero-order valence-electron chi connectivity index (χ0n) is 10.2. The number of hydrogen-bond acceptors (Lipinski definition) is 2. The Morgan fingerprint density at radius 1 is 1.53 bits per heavy atom. The monoisotopic (exact) mass is 307 g/mol. The molecule has 0 spiro atoms. The normalized spacial score (nSPS) is 22.6. The van der Waals surface area contributed by atoms with E-state index in [1.54, 1.807) is 6.07 Å². The van der Waals surface area contributed by atoms with Gasteiger partial charge in [0.05, 0.1) is 5.02 Å². The maximum absolute atomic E-state index is 13.4. The molecule has 1 aromatic carbocycles. The van der Waals surface area contributed by atoms with Gasteiger partial charge < -0.3 is 10.4 Å².